The number of hydrogen-bond acceptors (Lipinski definition) is 2. The van der Waals surface area contributed by atoms with Gasteiger partial charge in [0.2, 0.25) is 5.91 Å². The van der Waals surface area contributed by atoms with E-state index in [2.05, 4.69) is 5.32 Å². The molecule has 0 aromatic heterocycles. The maximum absolute atomic E-state index is 12.3. The van der Waals surface area contributed by atoms with Crippen molar-refractivity contribution in [1.82, 2.24) is 0 Å². The van der Waals surface area contributed by atoms with Crippen LogP contribution in [0.2, 0.25) is 0 Å². The van der Waals surface area contributed by atoms with E-state index in [0.29, 0.717) is 12.5 Å². The molecule has 0 aliphatic heterocycles. The van der Waals surface area contributed by atoms with Crippen LogP contribution in [-0.2, 0) is 11.2 Å². The number of halogens is 1. The quantitative estimate of drug-likeness (QED) is 0.792. The van der Waals surface area contributed by atoms with E-state index >= 15 is 0 Å². The summed E-state index contributed by atoms with van der Waals surface area (Å²) in [7, 11) is 0. The minimum Gasteiger partial charge on any atom is -0.492 e. The van der Waals surface area contributed by atoms with E-state index in [1.165, 1.54) is 6.42 Å². The van der Waals surface area contributed by atoms with Gasteiger partial charge < -0.3 is 10.1 Å². The Morgan fingerprint density at radius 3 is 2.76 bits per heavy atom. The lowest BCUT2D eigenvalue weighted by Gasteiger charge is -2.21. The number of hydrogen-bond donors (Lipinski definition) is 1. The fourth-order valence-corrected chi connectivity index (χ4v) is 3.03. The van der Waals surface area contributed by atoms with Gasteiger partial charge >= 0.3 is 0 Å². The Hall–Kier alpha value is -1.22. The highest BCUT2D eigenvalue weighted by atomic mass is 35.5. The zero-order valence-corrected chi connectivity index (χ0v) is 13.4. The summed E-state index contributed by atoms with van der Waals surface area (Å²) >= 11 is 5.78. The largest absolute Gasteiger partial charge is 0.492 e. The summed E-state index contributed by atoms with van der Waals surface area (Å²) in [6.45, 7) is 2.53. The van der Waals surface area contributed by atoms with Gasteiger partial charge in [0, 0.05) is 11.8 Å². The maximum atomic E-state index is 12.3. The van der Waals surface area contributed by atoms with Crippen LogP contribution in [0.1, 0.15) is 44.6 Å². The van der Waals surface area contributed by atoms with E-state index in [1.807, 2.05) is 25.1 Å². The van der Waals surface area contributed by atoms with Gasteiger partial charge in [-0.05, 0) is 43.9 Å². The lowest BCUT2D eigenvalue weighted by atomic mass is 9.88. The third kappa shape index (κ3) is 4.63. The summed E-state index contributed by atoms with van der Waals surface area (Å²) in [6, 6.07) is 5.90. The van der Waals surface area contributed by atoms with E-state index in [0.717, 1.165) is 49.1 Å². The molecule has 116 valence electrons. The fraction of sp³-hybridized carbons (Fsp3) is 0.588. The maximum Gasteiger partial charge on any atom is 0.227 e. The van der Waals surface area contributed by atoms with E-state index in [9.17, 15) is 4.79 Å². The lowest BCUT2D eigenvalue weighted by Crippen LogP contribution is -2.25. The molecule has 1 N–H and O–H groups in total. The van der Waals surface area contributed by atoms with Crippen LogP contribution in [0.3, 0.4) is 0 Å². The van der Waals surface area contributed by atoms with Gasteiger partial charge in [0.15, 0.2) is 0 Å². The second-order valence-corrected chi connectivity index (χ2v) is 5.90. The van der Waals surface area contributed by atoms with Crippen molar-refractivity contribution >= 4 is 23.2 Å². The SMILES string of the molecule is CCOc1cc(CCCl)ccc1NC(=O)C1CCCCC1. The summed E-state index contributed by atoms with van der Waals surface area (Å²) in [5, 5.41) is 3.04. The standard InChI is InChI=1S/C17H24ClNO2/c1-2-21-16-12-13(10-11-18)8-9-15(16)19-17(20)14-6-4-3-5-7-14/h8-9,12,14H,2-7,10-11H2,1H3,(H,19,20). The Balaban J connectivity index is 2.08. The van der Waals surface area contributed by atoms with Crippen LogP contribution >= 0.6 is 11.6 Å². The number of aryl methyl sites for hydroxylation is 1. The first-order valence-corrected chi connectivity index (χ1v) is 8.40. The zero-order valence-electron chi connectivity index (χ0n) is 12.7. The van der Waals surface area contributed by atoms with E-state index < -0.39 is 0 Å². The van der Waals surface area contributed by atoms with Crippen molar-refractivity contribution in [2.75, 3.05) is 17.8 Å². The average Bonchev–Trinajstić information content (AvgIpc) is 2.51. The molecular formula is C17H24ClNO2. The molecule has 0 unspecified atom stereocenters. The number of carbonyl (C=O) groups excluding carboxylic acids is 1. The van der Waals surface area contributed by atoms with Crippen molar-refractivity contribution in [3.8, 4) is 5.75 Å². The third-order valence-corrected chi connectivity index (χ3v) is 4.15. The van der Waals surface area contributed by atoms with E-state index in [1.54, 1.807) is 0 Å². The summed E-state index contributed by atoms with van der Waals surface area (Å²) in [5.41, 5.74) is 1.90. The monoisotopic (exact) mass is 309 g/mol. The molecule has 4 heteroatoms. The number of alkyl halides is 1. The highest BCUT2D eigenvalue weighted by Crippen LogP contribution is 2.29. The van der Waals surface area contributed by atoms with Gasteiger partial charge in [-0.1, -0.05) is 25.3 Å². The normalized spacial score (nSPS) is 15.7. The van der Waals surface area contributed by atoms with Crippen LogP contribution in [0.25, 0.3) is 0 Å². The molecule has 3 nitrogen and oxygen atoms in total. The summed E-state index contributed by atoms with van der Waals surface area (Å²) in [4.78, 5) is 12.3. The van der Waals surface area contributed by atoms with Crippen LogP contribution in [0.4, 0.5) is 5.69 Å². The van der Waals surface area contributed by atoms with Crippen molar-refractivity contribution in [3.05, 3.63) is 23.8 Å². The van der Waals surface area contributed by atoms with Crippen LogP contribution in [0.5, 0.6) is 5.75 Å². The van der Waals surface area contributed by atoms with E-state index in [4.69, 9.17) is 16.3 Å². The number of nitrogens with one attached hydrogen (secondary N) is 1. The highest BCUT2D eigenvalue weighted by molar-refractivity contribution is 6.18. The molecule has 2 rings (SSSR count). The van der Waals surface area contributed by atoms with Crippen molar-refractivity contribution < 1.29 is 9.53 Å². The Labute approximate surface area is 132 Å². The van der Waals surface area contributed by atoms with Gasteiger partial charge in [0.25, 0.3) is 0 Å². The number of carbonyl (C=O) groups is 1. The van der Waals surface area contributed by atoms with Gasteiger partial charge in [-0.2, -0.15) is 0 Å². The van der Waals surface area contributed by atoms with Crippen LogP contribution in [0, 0.1) is 5.92 Å². The molecule has 0 spiro atoms. The van der Waals surface area contributed by atoms with Crippen molar-refractivity contribution in [1.29, 1.82) is 0 Å². The van der Waals surface area contributed by atoms with Gasteiger partial charge in [-0.25, -0.2) is 0 Å². The summed E-state index contributed by atoms with van der Waals surface area (Å²) < 4.78 is 5.65. The van der Waals surface area contributed by atoms with Crippen molar-refractivity contribution in [2.45, 2.75) is 45.4 Å². The van der Waals surface area contributed by atoms with Crippen LogP contribution in [-0.4, -0.2) is 18.4 Å². The molecule has 1 aliphatic carbocycles. The number of amides is 1. The minimum atomic E-state index is 0.126. The smallest absolute Gasteiger partial charge is 0.227 e. The predicted molar refractivity (Wildman–Crippen MR) is 87.2 cm³/mol. The average molecular weight is 310 g/mol. The van der Waals surface area contributed by atoms with Gasteiger partial charge in [-0.3, -0.25) is 4.79 Å². The molecule has 0 atom stereocenters. The van der Waals surface area contributed by atoms with Gasteiger partial charge in [-0.15, -0.1) is 11.6 Å². The predicted octanol–water partition coefficient (Wildman–Crippen LogP) is 4.39. The Kier molecular flexibility index (Phi) is 6.37. The molecule has 1 saturated carbocycles. The van der Waals surface area contributed by atoms with E-state index in [-0.39, 0.29) is 11.8 Å². The Morgan fingerprint density at radius 1 is 1.33 bits per heavy atom. The molecular weight excluding hydrogens is 286 g/mol. The topological polar surface area (TPSA) is 38.3 Å². The first kappa shape index (κ1) is 16.2. The van der Waals surface area contributed by atoms with Gasteiger partial charge in [0.1, 0.15) is 5.75 Å². The summed E-state index contributed by atoms with van der Waals surface area (Å²) in [6.07, 6.45) is 6.37. The van der Waals surface area contributed by atoms with Crippen LogP contribution in [0.15, 0.2) is 18.2 Å². The number of benzene rings is 1. The lowest BCUT2D eigenvalue weighted by molar-refractivity contribution is -0.120. The zero-order chi connectivity index (χ0) is 15.1. The molecule has 0 radical (unpaired) electrons. The summed E-state index contributed by atoms with van der Waals surface area (Å²) in [5.74, 6) is 1.60. The molecule has 1 aromatic rings. The first-order chi connectivity index (χ1) is 10.2. The highest BCUT2D eigenvalue weighted by Gasteiger charge is 2.22. The molecule has 21 heavy (non-hydrogen) atoms. The molecule has 1 aromatic carbocycles. The molecule has 0 bridgehead atoms. The molecule has 1 aliphatic rings. The molecule has 1 fully saturated rings. The third-order valence-electron chi connectivity index (χ3n) is 3.96. The second-order valence-electron chi connectivity index (χ2n) is 5.53. The Bertz CT molecular complexity index is 470. The Morgan fingerprint density at radius 2 is 2.10 bits per heavy atom. The van der Waals surface area contributed by atoms with Crippen molar-refractivity contribution in [2.24, 2.45) is 5.92 Å². The van der Waals surface area contributed by atoms with Gasteiger partial charge in [0.05, 0.1) is 12.3 Å². The minimum absolute atomic E-state index is 0.126. The number of anilines is 1. The molecule has 0 saturated heterocycles. The second kappa shape index (κ2) is 8.28. The number of rotatable bonds is 6. The van der Waals surface area contributed by atoms with Crippen LogP contribution < -0.4 is 10.1 Å². The molecule has 1 amide bonds. The first-order valence-electron chi connectivity index (χ1n) is 7.87. The molecule has 0 heterocycles. The van der Waals surface area contributed by atoms with Crippen molar-refractivity contribution in [3.63, 3.8) is 0 Å². The fourth-order valence-electron chi connectivity index (χ4n) is 2.81. The number of ether oxygens (including phenoxy) is 1.